The Balaban J connectivity index is 2.31. The molecule has 0 saturated heterocycles. The normalized spacial score (nSPS) is 10.3. The van der Waals surface area contributed by atoms with E-state index in [-0.39, 0.29) is 12.4 Å². The van der Waals surface area contributed by atoms with E-state index >= 15 is 0 Å². The van der Waals surface area contributed by atoms with Gasteiger partial charge in [0.25, 0.3) is 0 Å². The van der Waals surface area contributed by atoms with Crippen molar-refractivity contribution < 1.29 is 19.2 Å². The molecule has 0 heterocycles. The first-order chi connectivity index (χ1) is 9.51. The molecule has 0 spiro atoms. The van der Waals surface area contributed by atoms with Crippen LogP contribution in [0.15, 0.2) is 36.4 Å². The average molecular weight is 277 g/mol. The molecule has 0 radical (unpaired) electrons. The highest BCUT2D eigenvalue weighted by Crippen LogP contribution is 2.29. The molecule has 1 N–H and O–H groups in total. The Hall–Kier alpha value is -2.47. The third-order valence-corrected chi connectivity index (χ3v) is 2.73. The van der Waals surface area contributed by atoms with Crippen molar-refractivity contribution in [1.29, 1.82) is 0 Å². The summed E-state index contributed by atoms with van der Waals surface area (Å²) in [5.41, 5.74) is 0.906. The summed E-state index contributed by atoms with van der Waals surface area (Å²) >= 11 is 0. The minimum Gasteiger partial charge on any atom is -0.457 e. The summed E-state index contributed by atoms with van der Waals surface area (Å²) in [6.45, 7) is 1.65. The third kappa shape index (κ3) is 2.92. The van der Waals surface area contributed by atoms with Crippen molar-refractivity contribution in [3.63, 3.8) is 0 Å². The number of nitrogens with zero attached hydrogens (tertiary/aromatic N) is 1. The lowest BCUT2D eigenvalue weighted by Gasteiger charge is -2.10. The summed E-state index contributed by atoms with van der Waals surface area (Å²) in [6.07, 6.45) is 0. The molecule has 2 rings (SSSR count). The Morgan fingerprint density at radius 2 is 2.05 bits per heavy atom. The number of hydrogen-bond acceptors (Lipinski definition) is 4. The fraction of sp³-hybridized carbons (Fsp3) is 0.143. The maximum atomic E-state index is 13.5. The van der Waals surface area contributed by atoms with Crippen LogP contribution in [-0.4, -0.2) is 10.0 Å². The maximum absolute atomic E-state index is 13.5. The Kier molecular flexibility index (Phi) is 3.95. The van der Waals surface area contributed by atoms with Gasteiger partial charge in [0.1, 0.15) is 11.5 Å². The summed E-state index contributed by atoms with van der Waals surface area (Å²) in [4.78, 5) is 9.72. The van der Waals surface area contributed by atoms with Crippen molar-refractivity contribution in [1.82, 2.24) is 0 Å². The largest absolute Gasteiger partial charge is 0.457 e. The number of benzene rings is 2. The third-order valence-electron chi connectivity index (χ3n) is 2.73. The summed E-state index contributed by atoms with van der Waals surface area (Å²) in [5.74, 6) is -0.455. The first kappa shape index (κ1) is 14.0. The average Bonchev–Trinajstić information content (AvgIpc) is 2.40. The Morgan fingerprint density at radius 1 is 1.30 bits per heavy atom. The van der Waals surface area contributed by atoms with E-state index in [0.29, 0.717) is 11.3 Å². The van der Waals surface area contributed by atoms with E-state index in [4.69, 9.17) is 4.74 Å². The van der Waals surface area contributed by atoms with Crippen LogP contribution in [0, 0.1) is 22.9 Å². The van der Waals surface area contributed by atoms with Crippen LogP contribution in [0.25, 0.3) is 0 Å². The quantitative estimate of drug-likeness (QED) is 0.687. The molecule has 2 aromatic carbocycles. The van der Waals surface area contributed by atoms with Gasteiger partial charge in [-0.1, -0.05) is 17.7 Å². The smallest absolute Gasteiger partial charge is 0.305 e. The van der Waals surface area contributed by atoms with Crippen LogP contribution >= 0.6 is 0 Å². The van der Waals surface area contributed by atoms with Gasteiger partial charge in [0.15, 0.2) is 0 Å². The maximum Gasteiger partial charge on any atom is 0.305 e. The minimum atomic E-state index is -0.967. The number of nitro groups is 1. The highest BCUT2D eigenvalue weighted by molar-refractivity contribution is 5.43. The number of nitro benzene ring substituents is 1. The van der Waals surface area contributed by atoms with E-state index in [0.717, 1.165) is 17.7 Å². The van der Waals surface area contributed by atoms with Gasteiger partial charge in [-0.15, -0.1) is 0 Å². The van der Waals surface area contributed by atoms with Crippen molar-refractivity contribution in [2.45, 2.75) is 13.5 Å². The highest BCUT2D eigenvalue weighted by atomic mass is 19.1. The van der Waals surface area contributed by atoms with Crippen LogP contribution in [0.3, 0.4) is 0 Å². The van der Waals surface area contributed by atoms with Crippen molar-refractivity contribution in [2.75, 3.05) is 0 Å². The Bertz CT molecular complexity index is 658. The van der Waals surface area contributed by atoms with Gasteiger partial charge < -0.3 is 9.84 Å². The molecule has 0 aliphatic rings. The lowest BCUT2D eigenvalue weighted by molar-refractivity contribution is -0.387. The molecule has 20 heavy (non-hydrogen) atoms. The van der Waals surface area contributed by atoms with Crippen LogP contribution < -0.4 is 4.74 Å². The van der Waals surface area contributed by atoms with Gasteiger partial charge in [-0.05, 0) is 19.1 Å². The van der Waals surface area contributed by atoms with Gasteiger partial charge in [-0.3, -0.25) is 10.1 Å². The van der Waals surface area contributed by atoms with Crippen molar-refractivity contribution in [3.8, 4) is 11.5 Å². The zero-order valence-electron chi connectivity index (χ0n) is 10.7. The molecule has 6 heteroatoms. The number of ether oxygens (including phenoxy) is 1. The van der Waals surface area contributed by atoms with E-state index in [1.54, 1.807) is 18.2 Å². The van der Waals surface area contributed by atoms with E-state index < -0.39 is 16.4 Å². The monoisotopic (exact) mass is 277 g/mol. The number of aliphatic hydroxyl groups is 1. The van der Waals surface area contributed by atoms with Crippen LogP contribution in [0.5, 0.6) is 11.5 Å². The molecule has 0 aromatic heterocycles. The van der Waals surface area contributed by atoms with Gasteiger partial charge in [-0.25, -0.2) is 0 Å². The number of aryl methyl sites for hydroxylation is 1. The molecular formula is C14H12FNO4. The standard InChI is InChI=1S/C14H12FNO4/c1-9-2-5-14(10(6-9)8-17)20-11-3-4-13(16(18)19)12(15)7-11/h2-7,17H,8H2,1H3. The van der Waals surface area contributed by atoms with Crippen molar-refractivity contribution >= 4 is 5.69 Å². The fourth-order valence-corrected chi connectivity index (χ4v) is 1.76. The summed E-state index contributed by atoms with van der Waals surface area (Å²) in [6, 6.07) is 8.48. The predicted octanol–water partition coefficient (Wildman–Crippen LogP) is 3.33. The zero-order chi connectivity index (χ0) is 14.7. The molecule has 0 amide bonds. The van der Waals surface area contributed by atoms with Crippen LogP contribution in [0.2, 0.25) is 0 Å². The molecule has 0 aliphatic carbocycles. The van der Waals surface area contributed by atoms with E-state index in [9.17, 15) is 19.6 Å². The lowest BCUT2D eigenvalue weighted by Crippen LogP contribution is -1.95. The van der Waals surface area contributed by atoms with Crippen LogP contribution in [-0.2, 0) is 6.61 Å². The number of halogens is 1. The molecule has 0 saturated carbocycles. The van der Waals surface area contributed by atoms with E-state index in [1.807, 2.05) is 6.92 Å². The topological polar surface area (TPSA) is 72.6 Å². The van der Waals surface area contributed by atoms with Gasteiger partial charge >= 0.3 is 5.69 Å². The molecule has 0 atom stereocenters. The summed E-state index contributed by atoms with van der Waals surface area (Å²) < 4.78 is 18.9. The van der Waals surface area contributed by atoms with Crippen molar-refractivity contribution in [3.05, 3.63) is 63.5 Å². The molecule has 0 aliphatic heterocycles. The molecule has 5 nitrogen and oxygen atoms in total. The molecule has 0 unspecified atom stereocenters. The zero-order valence-corrected chi connectivity index (χ0v) is 10.7. The Morgan fingerprint density at radius 3 is 2.65 bits per heavy atom. The number of aliphatic hydroxyl groups excluding tert-OH is 1. The first-order valence-corrected chi connectivity index (χ1v) is 5.83. The first-order valence-electron chi connectivity index (χ1n) is 5.83. The fourth-order valence-electron chi connectivity index (χ4n) is 1.76. The molecule has 2 aromatic rings. The second kappa shape index (κ2) is 5.66. The highest BCUT2D eigenvalue weighted by Gasteiger charge is 2.15. The SMILES string of the molecule is Cc1ccc(Oc2ccc([N+](=O)[O-])c(F)c2)c(CO)c1. The van der Waals surface area contributed by atoms with Gasteiger partial charge in [0, 0.05) is 17.7 Å². The number of rotatable bonds is 4. The number of hydrogen-bond donors (Lipinski definition) is 1. The van der Waals surface area contributed by atoms with E-state index in [1.165, 1.54) is 6.07 Å². The molecule has 0 bridgehead atoms. The van der Waals surface area contributed by atoms with Gasteiger partial charge in [-0.2, -0.15) is 4.39 Å². The second-order valence-corrected chi connectivity index (χ2v) is 4.24. The van der Waals surface area contributed by atoms with Crippen LogP contribution in [0.1, 0.15) is 11.1 Å². The summed E-state index contributed by atoms with van der Waals surface area (Å²) in [5, 5.41) is 19.8. The van der Waals surface area contributed by atoms with Crippen LogP contribution in [0.4, 0.5) is 10.1 Å². The lowest BCUT2D eigenvalue weighted by atomic mass is 10.1. The van der Waals surface area contributed by atoms with Gasteiger partial charge in [0.2, 0.25) is 5.82 Å². The second-order valence-electron chi connectivity index (χ2n) is 4.24. The molecule has 0 fully saturated rings. The summed E-state index contributed by atoms with van der Waals surface area (Å²) in [7, 11) is 0. The van der Waals surface area contributed by atoms with Crippen molar-refractivity contribution in [2.24, 2.45) is 0 Å². The predicted molar refractivity (Wildman–Crippen MR) is 70.2 cm³/mol. The van der Waals surface area contributed by atoms with E-state index in [2.05, 4.69) is 0 Å². The van der Waals surface area contributed by atoms with Gasteiger partial charge in [0.05, 0.1) is 11.5 Å². The minimum absolute atomic E-state index is 0.131. The molecule has 104 valence electrons. The Labute approximate surface area is 114 Å². The molecular weight excluding hydrogens is 265 g/mol.